The summed E-state index contributed by atoms with van der Waals surface area (Å²) in [6.07, 6.45) is 3.82. The van der Waals surface area contributed by atoms with Crippen molar-refractivity contribution >= 4 is 27.5 Å². The van der Waals surface area contributed by atoms with Gasteiger partial charge in [0.05, 0.1) is 17.7 Å². The summed E-state index contributed by atoms with van der Waals surface area (Å²) >= 11 is 0. The van der Waals surface area contributed by atoms with Crippen LogP contribution >= 0.6 is 0 Å². The number of ether oxygens (including phenoxy) is 1. The van der Waals surface area contributed by atoms with Gasteiger partial charge >= 0.3 is 0 Å². The summed E-state index contributed by atoms with van der Waals surface area (Å²) in [5.74, 6) is -1.32. The standard InChI is InChI=1S/C37H40FN3O5S/c1-27-20-22-31(23-21-27)47(44,45)41(33-18-10-11-19-35(33)46-2)26-36(42)40(25-29-14-6-9-17-32(29)38)34(24-28-12-4-3-5-13-28)37(43)39-30-15-7-8-16-30/h3-6,9-14,17-23,30,34H,7-8,15-16,24-26H2,1-2H3,(H,39,43)/t34-/m0/s1. The molecule has 1 saturated carbocycles. The zero-order valence-electron chi connectivity index (χ0n) is 26.6. The fourth-order valence-corrected chi connectivity index (χ4v) is 7.34. The van der Waals surface area contributed by atoms with Gasteiger partial charge in [-0.05, 0) is 55.7 Å². The number of carbonyl (C=O) groups excluding carboxylic acids is 2. The highest BCUT2D eigenvalue weighted by atomic mass is 32.2. The molecule has 0 heterocycles. The number of halogens is 1. The lowest BCUT2D eigenvalue weighted by Gasteiger charge is -2.34. The summed E-state index contributed by atoms with van der Waals surface area (Å²) in [5, 5.41) is 3.12. The Bertz CT molecular complexity index is 1780. The van der Waals surface area contributed by atoms with Crippen molar-refractivity contribution in [2.75, 3.05) is 18.0 Å². The van der Waals surface area contributed by atoms with E-state index in [-0.39, 0.29) is 46.8 Å². The van der Waals surface area contributed by atoms with Crippen LogP contribution in [-0.4, -0.2) is 50.9 Å². The SMILES string of the molecule is COc1ccccc1N(CC(=O)N(Cc1ccccc1F)[C@@H](Cc1ccccc1)C(=O)NC1CCCC1)S(=O)(=O)c1ccc(C)cc1. The molecule has 246 valence electrons. The third-order valence-electron chi connectivity index (χ3n) is 8.51. The number of amides is 2. The maximum absolute atomic E-state index is 15.1. The number of hydrogen-bond donors (Lipinski definition) is 1. The van der Waals surface area contributed by atoms with E-state index in [1.807, 2.05) is 37.3 Å². The van der Waals surface area contributed by atoms with Crippen molar-refractivity contribution in [3.8, 4) is 5.75 Å². The first kappa shape index (κ1) is 33.7. The second-order valence-electron chi connectivity index (χ2n) is 11.8. The van der Waals surface area contributed by atoms with Gasteiger partial charge in [-0.3, -0.25) is 13.9 Å². The summed E-state index contributed by atoms with van der Waals surface area (Å²) in [5.41, 5.74) is 2.04. The Labute approximate surface area is 276 Å². The molecule has 5 rings (SSSR count). The van der Waals surface area contributed by atoms with Crippen molar-refractivity contribution in [1.82, 2.24) is 10.2 Å². The lowest BCUT2D eigenvalue weighted by atomic mass is 10.0. The van der Waals surface area contributed by atoms with Gasteiger partial charge < -0.3 is 15.0 Å². The van der Waals surface area contributed by atoms with E-state index in [1.54, 1.807) is 54.6 Å². The van der Waals surface area contributed by atoms with Crippen LogP contribution in [0.4, 0.5) is 10.1 Å². The Morgan fingerprint density at radius 1 is 0.894 bits per heavy atom. The van der Waals surface area contributed by atoms with Crippen molar-refractivity contribution in [3.05, 3.63) is 126 Å². The minimum absolute atomic E-state index is 0.0118. The number of carbonyl (C=O) groups is 2. The molecule has 1 N–H and O–H groups in total. The Balaban J connectivity index is 1.59. The highest BCUT2D eigenvalue weighted by molar-refractivity contribution is 7.92. The molecule has 1 fully saturated rings. The van der Waals surface area contributed by atoms with Crippen LogP contribution in [0.5, 0.6) is 5.75 Å². The quantitative estimate of drug-likeness (QED) is 0.189. The zero-order valence-corrected chi connectivity index (χ0v) is 27.5. The van der Waals surface area contributed by atoms with E-state index in [4.69, 9.17) is 4.74 Å². The molecule has 1 atom stereocenters. The molecule has 10 heteroatoms. The normalized spacial score (nSPS) is 13.9. The third-order valence-corrected chi connectivity index (χ3v) is 10.3. The molecule has 0 aliphatic heterocycles. The van der Waals surface area contributed by atoms with Crippen molar-refractivity contribution in [2.24, 2.45) is 0 Å². The molecular weight excluding hydrogens is 617 g/mol. The van der Waals surface area contributed by atoms with E-state index in [0.29, 0.717) is 0 Å². The molecule has 4 aromatic carbocycles. The predicted molar refractivity (Wildman–Crippen MR) is 180 cm³/mol. The van der Waals surface area contributed by atoms with E-state index >= 15 is 4.39 Å². The van der Waals surface area contributed by atoms with Gasteiger partial charge in [-0.25, -0.2) is 12.8 Å². The Hall–Kier alpha value is -4.70. The molecule has 8 nitrogen and oxygen atoms in total. The molecule has 0 radical (unpaired) electrons. The Morgan fingerprint density at radius 3 is 2.21 bits per heavy atom. The number of para-hydroxylation sites is 2. The number of nitrogens with one attached hydrogen (secondary N) is 1. The molecule has 0 saturated heterocycles. The van der Waals surface area contributed by atoms with E-state index < -0.39 is 34.3 Å². The number of nitrogens with zero attached hydrogens (tertiary/aromatic N) is 2. The lowest BCUT2D eigenvalue weighted by molar-refractivity contribution is -0.140. The van der Waals surface area contributed by atoms with Gasteiger partial charge in [-0.15, -0.1) is 0 Å². The van der Waals surface area contributed by atoms with E-state index in [1.165, 1.54) is 30.2 Å². The van der Waals surface area contributed by atoms with Crippen LogP contribution in [0.25, 0.3) is 0 Å². The van der Waals surface area contributed by atoms with Gasteiger partial charge in [0.1, 0.15) is 24.2 Å². The van der Waals surface area contributed by atoms with Crippen LogP contribution in [-0.2, 0) is 32.6 Å². The first-order valence-electron chi connectivity index (χ1n) is 15.8. The minimum Gasteiger partial charge on any atom is -0.495 e. The van der Waals surface area contributed by atoms with Crippen molar-refractivity contribution in [2.45, 2.75) is 62.6 Å². The molecule has 0 unspecified atom stereocenters. The molecule has 4 aromatic rings. The first-order valence-corrected chi connectivity index (χ1v) is 17.2. The van der Waals surface area contributed by atoms with Gasteiger partial charge in [0, 0.05) is 24.6 Å². The Morgan fingerprint density at radius 2 is 1.53 bits per heavy atom. The highest BCUT2D eigenvalue weighted by Crippen LogP contribution is 2.33. The monoisotopic (exact) mass is 657 g/mol. The average molecular weight is 658 g/mol. The smallest absolute Gasteiger partial charge is 0.264 e. The van der Waals surface area contributed by atoms with Gasteiger partial charge in [0.25, 0.3) is 10.0 Å². The van der Waals surface area contributed by atoms with Gasteiger partial charge in [-0.2, -0.15) is 0 Å². The van der Waals surface area contributed by atoms with Crippen molar-refractivity contribution in [1.29, 1.82) is 0 Å². The van der Waals surface area contributed by atoms with Gasteiger partial charge in [-0.1, -0.05) is 91.2 Å². The summed E-state index contributed by atoms with van der Waals surface area (Å²) in [6, 6.07) is 27.2. The van der Waals surface area contributed by atoms with Crippen molar-refractivity contribution < 1.29 is 27.1 Å². The first-order chi connectivity index (χ1) is 22.7. The van der Waals surface area contributed by atoms with Crippen LogP contribution in [0.2, 0.25) is 0 Å². The fraction of sp³-hybridized carbons (Fsp3) is 0.297. The largest absolute Gasteiger partial charge is 0.495 e. The third kappa shape index (κ3) is 8.18. The second-order valence-corrected chi connectivity index (χ2v) is 13.7. The van der Waals surface area contributed by atoms with Gasteiger partial charge in [0.2, 0.25) is 11.8 Å². The number of aryl methyl sites for hydroxylation is 1. The van der Waals surface area contributed by atoms with E-state index in [9.17, 15) is 18.0 Å². The van der Waals surface area contributed by atoms with Crippen LogP contribution in [0.3, 0.4) is 0 Å². The lowest BCUT2D eigenvalue weighted by Crippen LogP contribution is -2.54. The van der Waals surface area contributed by atoms with E-state index in [0.717, 1.165) is 41.1 Å². The topological polar surface area (TPSA) is 96.0 Å². The molecule has 1 aliphatic carbocycles. The summed E-state index contributed by atoms with van der Waals surface area (Å²) in [4.78, 5) is 30.0. The highest BCUT2D eigenvalue weighted by Gasteiger charge is 2.36. The van der Waals surface area contributed by atoms with Crippen LogP contribution in [0.15, 0.2) is 108 Å². The molecule has 0 bridgehead atoms. The average Bonchev–Trinajstić information content (AvgIpc) is 3.59. The molecule has 0 aromatic heterocycles. The maximum atomic E-state index is 15.1. The number of benzene rings is 4. The Kier molecular flexibility index (Phi) is 10.9. The predicted octanol–water partition coefficient (Wildman–Crippen LogP) is 6.04. The number of sulfonamides is 1. The molecule has 0 spiro atoms. The zero-order chi connectivity index (χ0) is 33.4. The van der Waals surface area contributed by atoms with Crippen LogP contribution in [0.1, 0.15) is 42.4 Å². The molecule has 1 aliphatic rings. The summed E-state index contributed by atoms with van der Waals surface area (Å²) in [6.45, 7) is 0.945. The minimum atomic E-state index is -4.31. The number of rotatable bonds is 13. The summed E-state index contributed by atoms with van der Waals surface area (Å²) < 4.78 is 50.2. The van der Waals surface area contributed by atoms with E-state index in [2.05, 4.69) is 5.32 Å². The number of anilines is 1. The maximum Gasteiger partial charge on any atom is 0.264 e. The summed E-state index contributed by atoms with van der Waals surface area (Å²) in [7, 11) is -2.88. The number of hydrogen-bond acceptors (Lipinski definition) is 5. The fourth-order valence-electron chi connectivity index (χ4n) is 5.92. The second kappa shape index (κ2) is 15.3. The van der Waals surface area contributed by atoms with Crippen molar-refractivity contribution in [3.63, 3.8) is 0 Å². The van der Waals surface area contributed by atoms with Gasteiger partial charge in [0.15, 0.2) is 0 Å². The van der Waals surface area contributed by atoms with Crippen LogP contribution < -0.4 is 14.4 Å². The van der Waals surface area contributed by atoms with Crippen LogP contribution in [0, 0.1) is 12.7 Å². The molecule has 2 amide bonds. The number of methoxy groups -OCH3 is 1. The molecular formula is C37H40FN3O5S. The molecule has 47 heavy (non-hydrogen) atoms.